The number of unbranched alkanes of at least 4 members (excludes halogenated alkanes) is 42. The van der Waals surface area contributed by atoms with Gasteiger partial charge in [0, 0.05) is 0 Å². The van der Waals surface area contributed by atoms with Crippen LogP contribution in [0.4, 0.5) is 0 Å². The highest BCUT2D eigenvalue weighted by atomic mass is 31.2. The number of aliphatic carboxylic acids is 1. The number of benzene rings is 1. The SMILES string of the molecule is CCCCCCCCCCCCCCCC(CCC(C)C(=O)O)c1cc(C(C)(C)C)c(O)c(C(C)(C)C)c1.CCCCCCCCCCCCCCCCCCC(O)(CCCCCCCCCCCCCCCCCC)C(CO)(CO)CO.OP(O)OP(O)O. The van der Waals surface area contributed by atoms with Gasteiger partial charge >= 0.3 is 23.2 Å². The summed E-state index contributed by atoms with van der Waals surface area (Å²) >= 11 is 0. The third kappa shape index (κ3) is 48.6. The van der Waals surface area contributed by atoms with E-state index < -0.39 is 34.2 Å². The van der Waals surface area contributed by atoms with E-state index in [9.17, 15) is 35.4 Å². The highest BCUT2D eigenvalue weighted by Gasteiger charge is 2.48. The Kier molecular flexibility index (Phi) is 60.0. The molecule has 1 aromatic carbocycles. The molecule has 0 aliphatic heterocycles. The van der Waals surface area contributed by atoms with Crippen molar-refractivity contribution in [3.8, 4) is 5.75 Å². The Morgan fingerprint density at radius 2 is 0.656 bits per heavy atom. The summed E-state index contributed by atoms with van der Waals surface area (Å²) in [7, 11) is -5.22. The minimum absolute atomic E-state index is 0.158. The maximum atomic E-state index is 11.7. The lowest BCUT2D eigenvalue weighted by Crippen LogP contribution is -2.55. The average molecular weight is 1320 g/mol. The molecule has 14 heteroatoms. The van der Waals surface area contributed by atoms with Crippen LogP contribution in [0.15, 0.2) is 12.1 Å². The Labute approximate surface area is 558 Å². The van der Waals surface area contributed by atoms with E-state index in [1.54, 1.807) is 0 Å². The molecule has 0 fully saturated rings. The number of aromatic hydroxyl groups is 1. The minimum atomic E-state index is -2.61. The Hall–Kier alpha value is -1.01. The highest BCUT2D eigenvalue weighted by Crippen LogP contribution is 2.44. The lowest BCUT2D eigenvalue weighted by molar-refractivity contribution is -0.162. The topological polar surface area (TPSA) is 229 Å². The number of aliphatic hydroxyl groups excluding tert-OH is 3. The van der Waals surface area contributed by atoms with Gasteiger partial charge in [-0.15, -0.1) is 0 Å². The fourth-order valence-electron chi connectivity index (χ4n) is 12.7. The van der Waals surface area contributed by atoms with Crippen molar-refractivity contribution in [2.75, 3.05) is 19.8 Å². The van der Waals surface area contributed by atoms with Crippen LogP contribution in [0, 0.1) is 11.3 Å². The smallest absolute Gasteiger partial charge is 0.334 e. The molecule has 90 heavy (non-hydrogen) atoms. The second kappa shape index (κ2) is 59.3. The lowest BCUT2D eigenvalue weighted by Gasteiger charge is -2.44. The Morgan fingerprint density at radius 3 is 0.867 bits per heavy atom. The van der Waals surface area contributed by atoms with E-state index >= 15 is 0 Å². The van der Waals surface area contributed by atoms with Crippen molar-refractivity contribution in [3.63, 3.8) is 0 Å². The first-order valence-corrected chi connectivity index (χ1v) is 40.0. The van der Waals surface area contributed by atoms with E-state index in [4.69, 9.17) is 19.6 Å². The number of aliphatic hydroxyl groups is 4. The minimum Gasteiger partial charge on any atom is -0.507 e. The Balaban J connectivity index is 0. The zero-order valence-corrected chi connectivity index (χ0v) is 62.3. The van der Waals surface area contributed by atoms with Crippen LogP contribution in [0.5, 0.6) is 5.75 Å². The molecule has 2 unspecified atom stereocenters. The second-order valence-electron chi connectivity index (χ2n) is 29.5. The van der Waals surface area contributed by atoms with Gasteiger partial charge in [-0.1, -0.05) is 370 Å². The summed E-state index contributed by atoms with van der Waals surface area (Å²) in [5.74, 6) is -0.286. The summed E-state index contributed by atoms with van der Waals surface area (Å²) in [6.45, 7) is 20.5. The molecule has 0 aliphatic rings. The molecule has 0 heterocycles. The van der Waals surface area contributed by atoms with E-state index in [1.807, 2.05) is 6.92 Å². The molecule has 0 bridgehead atoms. The molecule has 0 aliphatic carbocycles. The monoisotopic (exact) mass is 1320 g/mol. The molecule has 0 amide bonds. The lowest BCUT2D eigenvalue weighted by atomic mass is 9.68. The van der Waals surface area contributed by atoms with E-state index in [0.717, 1.165) is 49.7 Å². The molecule has 0 radical (unpaired) electrons. The molecule has 2 atom stereocenters. The first-order chi connectivity index (χ1) is 43.0. The van der Waals surface area contributed by atoms with Crippen LogP contribution in [0.25, 0.3) is 0 Å². The molecule has 0 saturated heterocycles. The van der Waals surface area contributed by atoms with Crippen LogP contribution in [-0.4, -0.2) is 81.6 Å². The van der Waals surface area contributed by atoms with E-state index in [1.165, 1.54) is 269 Å². The number of carboxylic acids is 1. The van der Waals surface area contributed by atoms with Gasteiger partial charge in [0.05, 0.1) is 36.8 Å². The van der Waals surface area contributed by atoms with E-state index in [2.05, 4.69) is 78.8 Å². The van der Waals surface area contributed by atoms with Crippen LogP contribution in [0.3, 0.4) is 0 Å². The largest absolute Gasteiger partial charge is 0.507 e. The van der Waals surface area contributed by atoms with Crippen LogP contribution in [0.2, 0.25) is 0 Å². The van der Waals surface area contributed by atoms with Crippen molar-refractivity contribution < 1.29 is 59.3 Å². The van der Waals surface area contributed by atoms with Crippen LogP contribution in [0.1, 0.15) is 413 Å². The fourth-order valence-corrected chi connectivity index (χ4v) is 13.3. The van der Waals surface area contributed by atoms with Gasteiger partial charge in [0.2, 0.25) is 0 Å². The number of hydrogen-bond acceptors (Lipinski definition) is 11. The van der Waals surface area contributed by atoms with Gasteiger partial charge in [-0.25, -0.2) is 4.31 Å². The van der Waals surface area contributed by atoms with Crippen molar-refractivity contribution in [2.24, 2.45) is 11.3 Å². The Bertz CT molecular complexity index is 1640. The van der Waals surface area contributed by atoms with Gasteiger partial charge in [-0.2, -0.15) is 0 Å². The van der Waals surface area contributed by atoms with Gasteiger partial charge in [0.25, 0.3) is 0 Å². The van der Waals surface area contributed by atoms with Gasteiger partial charge in [0.1, 0.15) is 5.75 Å². The summed E-state index contributed by atoms with van der Waals surface area (Å²) in [6.07, 6.45) is 63.2. The number of phenols is 1. The first-order valence-electron chi connectivity index (χ1n) is 37.7. The van der Waals surface area contributed by atoms with Gasteiger partial charge in [-0.05, 0) is 65.5 Å². The van der Waals surface area contributed by atoms with Gasteiger partial charge in [0.15, 0.2) is 0 Å². The number of carboxylic acid groups (broad SMARTS) is 1. The molecule has 12 nitrogen and oxygen atoms in total. The average Bonchev–Trinajstić information content (AvgIpc) is 0.814. The third-order valence-corrected chi connectivity index (χ3v) is 20.3. The quantitative estimate of drug-likeness (QED) is 0.0217. The van der Waals surface area contributed by atoms with Crippen LogP contribution < -0.4 is 0 Å². The third-order valence-electron chi connectivity index (χ3n) is 19.2. The molecule has 1 rings (SSSR count). The van der Waals surface area contributed by atoms with Gasteiger partial charge < -0.3 is 50.2 Å². The maximum Gasteiger partial charge on any atom is 0.334 e. The van der Waals surface area contributed by atoms with Crippen LogP contribution in [-0.2, 0) is 19.9 Å². The second-order valence-corrected chi connectivity index (χ2v) is 31.2. The molecule has 536 valence electrons. The van der Waals surface area contributed by atoms with Crippen LogP contribution >= 0.6 is 17.2 Å². The van der Waals surface area contributed by atoms with E-state index in [-0.39, 0.29) is 36.6 Å². The summed E-state index contributed by atoms with van der Waals surface area (Å²) in [4.78, 5) is 42.8. The standard InChI is InChI=1S/C41H84O4.C35H62O3.H4O5P2/c1-3-5-7-9-11-13-15-17-19-21-23-25-27-29-31-33-35-41(45,40(37-42,38-43)39-44)36-34-32-30-28-26-24-22-20-18-16-14-12-10-8-6-4-2;1-9-10-11-12-13-14-15-16-17-18-19-20-21-22-28(24-23-27(2)33(37)38)29-25-30(34(3,4)5)32(36)31(26-29)35(6,7)8;1-6(2)5-7(3)4/h42-45H,3-39H2,1-2H3;25-28,36H,9-24H2,1-8H3,(H,37,38);1-4H. The van der Waals surface area contributed by atoms with Crippen molar-refractivity contribution in [3.05, 3.63) is 28.8 Å². The summed E-state index contributed by atoms with van der Waals surface area (Å²) in [5.41, 5.74) is 0.524. The van der Waals surface area contributed by atoms with Crippen molar-refractivity contribution in [1.29, 1.82) is 0 Å². The fraction of sp³-hybridized carbons (Fsp3) is 0.908. The normalized spacial score (nSPS) is 13.0. The van der Waals surface area contributed by atoms with Crippen molar-refractivity contribution >= 4 is 23.2 Å². The molecule has 10 N–H and O–H groups in total. The van der Waals surface area contributed by atoms with Crippen molar-refractivity contribution in [1.82, 2.24) is 0 Å². The summed E-state index contributed by atoms with van der Waals surface area (Å²) in [5, 5.41) is 62.6. The maximum absolute atomic E-state index is 11.7. The zero-order valence-electron chi connectivity index (χ0n) is 60.5. The predicted octanol–water partition coefficient (Wildman–Crippen LogP) is 22.5. The molecular formula is C76H150O12P2. The highest BCUT2D eigenvalue weighted by molar-refractivity contribution is 7.53. The summed E-state index contributed by atoms with van der Waals surface area (Å²) < 4.78 is 3.60. The summed E-state index contributed by atoms with van der Waals surface area (Å²) in [6, 6.07) is 4.42. The van der Waals surface area contributed by atoms with Gasteiger partial charge in [-0.3, -0.25) is 4.79 Å². The molecular weight excluding hydrogens is 1170 g/mol. The molecule has 0 spiro atoms. The number of carbonyl (C=O) groups is 1. The zero-order chi connectivity index (χ0) is 67.8. The molecule has 0 aromatic heterocycles. The number of rotatable bonds is 59. The molecule has 1 aromatic rings. The molecule has 0 saturated carbocycles. The van der Waals surface area contributed by atoms with Crippen molar-refractivity contribution in [2.45, 2.75) is 413 Å². The van der Waals surface area contributed by atoms with E-state index in [0.29, 0.717) is 30.9 Å². The Morgan fingerprint density at radius 1 is 0.411 bits per heavy atom. The number of hydrogen-bond donors (Lipinski definition) is 10. The predicted molar refractivity (Wildman–Crippen MR) is 385 cm³/mol. The number of phenolic OH excluding ortho intramolecular Hbond substituents is 1. The first kappa shape index (κ1) is 91.0.